The zero-order chi connectivity index (χ0) is 14.0. The average molecular weight is 271 g/mol. The van der Waals surface area contributed by atoms with Crippen molar-refractivity contribution in [2.75, 3.05) is 26.7 Å². The van der Waals surface area contributed by atoms with Crippen molar-refractivity contribution in [2.45, 2.75) is 19.1 Å². The van der Waals surface area contributed by atoms with Crippen LogP contribution >= 0.6 is 0 Å². The Hall–Kier alpha value is -1.08. The van der Waals surface area contributed by atoms with Crippen LogP contribution in [0.5, 0.6) is 0 Å². The number of nitrogens with zero attached hydrogens (tertiary/aromatic N) is 1. The maximum atomic E-state index is 14.1. The molecule has 0 bridgehead atoms. The van der Waals surface area contributed by atoms with E-state index in [2.05, 4.69) is 5.43 Å². The molecule has 0 amide bonds. The third-order valence-corrected chi connectivity index (χ3v) is 3.48. The number of ether oxygens (including phenoxy) is 1. The number of likely N-dealkylation sites (N-methyl/N-ethyl adjacent to an activating group) is 1. The Labute approximate surface area is 111 Å². The molecule has 1 aromatic carbocycles. The number of hydrazine groups is 1. The molecule has 0 radical (unpaired) electrons. The maximum absolute atomic E-state index is 14.1. The SMILES string of the molecule is Cc1ccc(F)c(C(NN)C2CN(C)CCO2)c1F. The van der Waals surface area contributed by atoms with Gasteiger partial charge in [0.1, 0.15) is 11.6 Å². The number of benzene rings is 1. The molecule has 3 N–H and O–H groups in total. The van der Waals surface area contributed by atoms with Gasteiger partial charge in [-0.3, -0.25) is 11.3 Å². The number of halogens is 2. The summed E-state index contributed by atoms with van der Waals surface area (Å²) < 4.78 is 33.7. The average Bonchev–Trinajstić information content (AvgIpc) is 2.39. The molecule has 2 atom stereocenters. The highest BCUT2D eigenvalue weighted by molar-refractivity contribution is 5.30. The highest BCUT2D eigenvalue weighted by Gasteiger charge is 2.31. The third kappa shape index (κ3) is 2.92. The smallest absolute Gasteiger partial charge is 0.133 e. The van der Waals surface area contributed by atoms with Crippen LogP contribution in [0.2, 0.25) is 0 Å². The Morgan fingerprint density at radius 3 is 2.84 bits per heavy atom. The summed E-state index contributed by atoms with van der Waals surface area (Å²) in [7, 11) is 1.94. The van der Waals surface area contributed by atoms with Crippen LogP contribution in [-0.4, -0.2) is 37.7 Å². The summed E-state index contributed by atoms with van der Waals surface area (Å²) in [6.07, 6.45) is -0.380. The van der Waals surface area contributed by atoms with E-state index in [1.807, 2.05) is 11.9 Å². The van der Waals surface area contributed by atoms with Crippen molar-refractivity contribution in [1.82, 2.24) is 10.3 Å². The fourth-order valence-corrected chi connectivity index (χ4v) is 2.35. The molecule has 0 spiro atoms. The number of hydrogen-bond acceptors (Lipinski definition) is 4. The molecule has 0 aromatic heterocycles. The van der Waals surface area contributed by atoms with Crippen LogP contribution in [0.25, 0.3) is 0 Å². The van der Waals surface area contributed by atoms with Crippen LogP contribution < -0.4 is 11.3 Å². The van der Waals surface area contributed by atoms with Crippen molar-refractivity contribution in [3.05, 3.63) is 34.9 Å². The molecule has 1 aromatic rings. The number of hydrogen-bond donors (Lipinski definition) is 2. The van der Waals surface area contributed by atoms with Crippen LogP contribution in [0, 0.1) is 18.6 Å². The first-order valence-electron chi connectivity index (χ1n) is 6.25. The van der Waals surface area contributed by atoms with Gasteiger partial charge in [-0.15, -0.1) is 0 Å². The summed E-state index contributed by atoms with van der Waals surface area (Å²) in [4.78, 5) is 2.05. The van der Waals surface area contributed by atoms with Gasteiger partial charge < -0.3 is 9.64 Å². The van der Waals surface area contributed by atoms with E-state index in [1.165, 1.54) is 12.1 Å². The first-order chi connectivity index (χ1) is 9.04. The number of morpholine rings is 1. The van der Waals surface area contributed by atoms with Crippen molar-refractivity contribution in [2.24, 2.45) is 5.84 Å². The summed E-state index contributed by atoms with van der Waals surface area (Å²) in [6.45, 7) is 3.49. The Morgan fingerprint density at radius 2 is 2.21 bits per heavy atom. The van der Waals surface area contributed by atoms with Crippen LogP contribution in [0.15, 0.2) is 12.1 Å². The molecule has 19 heavy (non-hydrogen) atoms. The molecule has 1 heterocycles. The molecule has 4 nitrogen and oxygen atoms in total. The van der Waals surface area contributed by atoms with Crippen LogP contribution in [0.1, 0.15) is 17.2 Å². The Bertz CT molecular complexity index is 456. The van der Waals surface area contributed by atoms with Gasteiger partial charge >= 0.3 is 0 Å². The van der Waals surface area contributed by atoms with Gasteiger partial charge in [-0.05, 0) is 25.6 Å². The second kappa shape index (κ2) is 5.92. The minimum Gasteiger partial charge on any atom is -0.374 e. The quantitative estimate of drug-likeness (QED) is 0.639. The number of rotatable bonds is 3. The molecule has 2 rings (SSSR count). The summed E-state index contributed by atoms with van der Waals surface area (Å²) >= 11 is 0. The monoisotopic (exact) mass is 271 g/mol. The van der Waals surface area contributed by atoms with Gasteiger partial charge in [0.2, 0.25) is 0 Å². The van der Waals surface area contributed by atoms with Gasteiger partial charge in [-0.25, -0.2) is 8.78 Å². The number of nitrogens with two attached hydrogens (primary N) is 1. The highest BCUT2D eigenvalue weighted by atomic mass is 19.1. The molecule has 0 saturated carbocycles. The van der Waals surface area contributed by atoms with E-state index in [-0.39, 0.29) is 11.7 Å². The zero-order valence-electron chi connectivity index (χ0n) is 11.1. The molecule has 1 aliphatic heterocycles. The van der Waals surface area contributed by atoms with Gasteiger partial charge in [-0.1, -0.05) is 6.07 Å². The highest BCUT2D eigenvalue weighted by Crippen LogP contribution is 2.27. The van der Waals surface area contributed by atoms with Gasteiger partial charge in [0, 0.05) is 18.7 Å². The molecule has 6 heteroatoms. The van der Waals surface area contributed by atoms with E-state index >= 15 is 0 Å². The van der Waals surface area contributed by atoms with E-state index in [4.69, 9.17) is 10.6 Å². The second-order valence-electron chi connectivity index (χ2n) is 4.91. The van der Waals surface area contributed by atoms with Crippen LogP contribution in [0.4, 0.5) is 8.78 Å². The summed E-state index contributed by atoms with van der Waals surface area (Å²) in [5.74, 6) is 4.31. The van der Waals surface area contributed by atoms with Crippen molar-refractivity contribution in [3.63, 3.8) is 0 Å². The van der Waals surface area contributed by atoms with Crippen molar-refractivity contribution < 1.29 is 13.5 Å². The lowest BCUT2D eigenvalue weighted by Gasteiger charge is -2.35. The minimum absolute atomic E-state index is 0.0530. The van der Waals surface area contributed by atoms with E-state index < -0.39 is 17.7 Å². The number of aryl methyl sites for hydroxylation is 1. The summed E-state index contributed by atoms with van der Waals surface area (Å²) in [5.41, 5.74) is 2.82. The van der Waals surface area contributed by atoms with Crippen molar-refractivity contribution in [3.8, 4) is 0 Å². The van der Waals surface area contributed by atoms with E-state index in [9.17, 15) is 8.78 Å². The molecule has 2 unspecified atom stereocenters. The molecule has 0 aliphatic carbocycles. The Morgan fingerprint density at radius 1 is 1.47 bits per heavy atom. The van der Waals surface area contributed by atoms with E-state index in [1.54, 1.807) is 6.92 Å². The minimum atomic E-state index is -0.706. The standard InChI is InChI=1S/C13H19F2N3O/c1-8-3-4-9(14)11(12(8)15)13(17-16)10-7-18(2)5-6-19-10/h3-4,10,13,17H,5-7,16H2,1-2H3. The molecule has 1 aliphatic rings. The fourth-order valence-electron chi connectivity index (χ4n) is 2.35. The topological polar surface area (TPSA) is 50.5 Å². The molecular formula is C13H19F2N3O. The molecule has 1 saturated heterocycles. The fraction of sp³-hybridized carbons (Fsp3) is 0.538. The Balaban J connectivity index is 2.34. The van der Waals surface area contributed by atoms with Crippen molar-refractivity contribution in [1.29, 1.82) is 0 Å². The molecule has 106 valence electrons. The van der Waals surface area contributed by atoms with Gasteiger partial charge in [0.15, 0.2) is 0 Å². The first-order valence-corrected chi connectivity index (χ1v) is 6.25. The molecule has 1 fully saturated rings. The lowest BCUT2D eigenvalue weighted by Crippen LogP contribution is -2.48. The molecular weight excluding hydrogens is 252 g/mol. The summed E-state index contributed by atoms with van der Waals surface area (Å²) in [5, 5.41) is 0. The van der Waals surface area contributed by atoms with Crippen LogP contribution in [-0.2, 0) is 4.74 Å². The largest absolute Gasteiger partial charge is 0.374 e. The Kier molecular flexibility index (Phi) is 4.46. The zero-order valence-corrected chi connectivity index (χ0v) is 11.1. The normalized spacial score (nSPS) is 22.5. The van der Waals surface area contributed by atoms with Crippen LogP contribution in [0.3, 0.4) is 0 Å². The predicted octanol–water partition coefficient (Wildman–Crippen LogP) is 1.11. The van der Waals surface area contributed by atoms with E-state index in [0.29, 0.717) is 18.7 Å². The number of nitrogens with one attached hydrogen (secondary N) is 1. The van der Waals surface area contributed by atoms with Gasteiger partial charge in [0.25, 0.3) is 0 Å². The first kappa shape index (κ1) is 14.3. The second-order valence-corrected chi connectivity index (χ2v) is 4.91. The van der Waals surface area contributed by atoms with Gasteiger partial charge in [0.05, 0.1) is 18.8 Å². The lowest BCUT2D eigenvalue weighted by atomic mass is 9.97. The van der Waals surface area contributed by atoms with Crippen molar-refractivity contribution >= 4 is 0 Å². The summed E-state index contributed by atoms with van der Waals surface area (Å²) in [6, 6.07) is 1.96. The van der Waals surface area contributed by atoms with Gasteiger partial charge in [-0.2, -0.15) is 0 Å². The predicted molar refractivity (Wildman–Crippen MR) is 68.4 cm³/mol. The lowest BCUT2D eigenvalue weighted by molar-refractivity contribution is -0.0404. The maximum Gasteiger partial charge on any atom is 0.133 e. The third-order valence-electron chi connectivity index (χ3n) is 3.48. The van der Waals surface area contributed by atoms with E-state index in [0.717, 1.165) is 6.54 Å².